The Labute approximate surface area is 235 Å². The van der Waals surface area contributed by atoms with Crippen LogP contribution in [0.5, 0.6) is 0 Å². The molecule has 3 aliphatic heterocycles. The van der Waals surface area contributed by atoms with E-state index in [4.69, 9.17) is 5.41 Å². The third kappa shape index (κ3) is 5.00. The van der Waals surface area contributed by atoms with Crippen LogP contribution in [0.1, 0.15) is 54.4 Å². The number of halogens is 3. The first-order valence-corrected chi connectivity index (χ1v) is 14.1. The molecule has 3 amide bonds. The van der Waals surface area contributed by atoms with E-state index in [2.05, 4.69) is 10.6 Å². The minimum Gasteiger partial charge on any atom is -0.388 e. The molecule has 1 unspecified atom stereocenters. The first-order chi connectivity index (χ1) is 19.6. The highest BCUT2D eigenvalue weighted by atomic mass is 19.4. The Balaban J connectivity index is 1.14. The summed E-state index contributed by atoms with van der Waals surface area (Å²) in [5.74, 6) is -1.08. The van der Waals surface area contributed by atoms with Crippen LogP contribution in [0.2, 0.25) is 0 Å². The highest BCUT2D eigenvalue weighted by molar-refractivity contribution is 6.27. The molecule has 3 N–H and O–H groups in total. The topological polar surface area (TPSA) is 106 Å². The van der Waals surface area contributed by atoms with E-state index in [1.54, 1.807) is 12.1 Å². The normalized spacial score (nSPS) is 23.2. The van der Waals surface area contributed by atoms with Crippen molar-refractivity contribution in [2.45, 2.75) is 63.2 Å². The number of amides is 3. The average molecular weight is 568 g/mol. The van der Waals surface area contributed by atoms with Gasteiger partial charge in [-0.2, -0.15) is 13.2 Å². The SMILES string of the molecule is N=C/C(=C\NC1CCN(CC2(C(F)(F)F)CC2)CC1)Cc1ccc2c3c(cccc13)C(=O)N2C1CCC(=O)NC1=O. The molecule has 1 aliphatic carbocycles. The number of carbonyl (C=O) groups excluding carboxylic acids is 3. The van der Waals surface area contributed by atoms with Crippen molar-refractivity contribution >= 4 is 40.4 Å². The Kier molecular flexibility index (Phi) is 6.88. The summed E-state index contributed by atoms with van der Waals surface area (Å²) in [5, 5.41) is 15.3. The fourth-order valence-corrected chi connectivity index (χ4v) is 6.42. The summed E-state index contributed by atoms with van der Waals surface area (Å²) in [6.45, 7) is 1.30. The molecular formula is C30H32F3N5O3. The second-order valence-corrected chi connectivity index (χ2v) is 11.6. The van der Waals surface area contributed by atoms with Crippen LogP contribution in [0.25, 0.3) is 10.8 Å². The summed E-state index contributed by atoms with van der Waals surface area (Å²) < 4.78 is 40.0. The highest BCUT2D eigenvalue weighted by Crippen LogP contribution is 2.58. The number of carbonyl (C=O) groups is 3. The number of benzene rings is 2. The van der Waals surface area contributed by atoms with Crippen LogP contribution in [0.15, 0.2) is 42.1 Å². The monoisotopic (exact) mass is 567 g/mol. The molecule has 4 aliphatic rings. The zero-order valence-corrected chi connectivity index (χ0v) is 22.5. The van der Waals surface area contributed by atoms with Gasteiger partial charge in [0.25, 0.3) is 5.91 Å². The molecule has 2 aromatic carbocycles. The van der Waals surface area contributed by atoms with Gasteiger partial charge in [0.05, 0.1) is 11.1 Å². The van der Waals surface area contributed by atoms with Crippen LogP contribution >= 0.6 is 0 Å². The van der Waals surface area contributed by atoms with Gasteiger partial charge in [-0.15, -0.1) is 0 Å². The molecule has 3 fully saturated rings. The molecule has 41 heavy (non-hydrogen) atoms. The number of piperidine rings is 2. The van der Waals surface area contributed by atoms with Crippen molar-refractivity contribution in [1.29, 1.82) is 5.41 Å². The van der Waals surface area contributed by atoms with Crippen LogP contribution in [0, 0.1) is 10.8 Å². The number of rotatable bonds is 8. The second-order valence-electron chi connectivity index (χ2n) is 11.6. The van der Waals surface area contributed by atoms with Crippen LogP contribution in [-0.4, -0.2) is 66.7 Å². The van der Waals surface area contributed by atoms with Gasteiger partial charge in [0.1, 0.15) is 6.04 Å². The van der Waals surface area contributed by atoms with Gasteiger partial charge in [-0.05, 0) is 60.8 Å². The van der Waals surface area contributed by atoms with E-state index in [0.29, 0.717) is 30.8 Å². The van der Waals surface area contributed by atoms with Gasteiger partial charge in [-0.25, -0.2) is 0 Å². The highest BCUT2D eigenvalue weighted by Gasteiger charge is 2.63. The Morgan fingerprint density at radius 2 is 1.85 bits per heavy atom. The van der Waals surface area contributed by atoms with E-state index in [0.717, 1.165) is 34.8 Å². The Morgan fingerprint density at radius 3 is 2.51 bits per heavy atom. The fraction of sp³-hybridized carbons (Fsp3) is 0.467. The van der Waals surface area contributed by atoms with E-state index in [-0.39, 0.29) is 50.1 Å². The van der Waals surface area contributed by atoms with Gasteiger partial charge >= 0.3 is 6.18 Å². The molecule has 0 radical (unpaired) electrons. The van der Waals surface area contributed by atoms with Gasteiger partial charge < -0.3 is 15.6 Å². The molecule has 6 rings (SSSR count). The van der Waals surface area contributed by atoms with Crippen molar-refractivity contribution in [2.75, 3.05) is 24.5 Å². The summed E-state index contributed by atoms with van der Waals surface area (Å²) in [6, 6.07) is 8.58. The number of anilines is 1. The van der Waals surface area contributed by atoms with E-state index >= 15 is 0 Å². The van der Waals surface area contributed by atoms with Crippen molar-refractivity contribution in [3.63, 3.8) is 0 Å². The summed E-state index contributed by atoms with van der Waals surface area (Å²) in [7, 11) is 0. The van der Waals surface area contributed by atoms with Crippen LogP contribution in [-0.2, 0) is 16.0 Å². The number of nitrogens with one attached hydrogen (secondary N) is 3. The standard InChI is InChI=1S/C30H32F3N5O3/c31-30(32,33)29(10-11-29)17-37-12-8-20(9-13-37)35-16-18(15-34)14-19-4-5-23-26-21(19)2-1-3-22(26)28(41)38(23)24-6-7-25(39)36-27(24)40/h1-5,15-16,20,24,34-35H,6-14,17H2,(H,36,39,40)/b18-16-,34-15?. The molecule has 0 aromatic heterocycles. The number of alkyl halides is 3. The largest absolute Gasteiger partial charge is 0.395 e. The first-order valence-electron chi connectivity index (χ1n) is 14.1. The van der Waals surface area contributed by atoms with Crippen molar-refractivity contribution in [3.8, 4) is 0 Å². The van der Waals surface area contributed by atoms with E-state index < -0.39 is 23.5 Å². The lowest BCUT2D eigenvalue weighted by Crippen LogP contribution is -2.53. The molecule has 8 nitrogen and oxygen atoms in total. The third-order valence-electron chi connectivity index (χ3n) is 8.99. The van der Waals surface area contributed by atoms with Crippen LogP contribution in [0.3, 0.4) is 0 Å². The van der Waals surface area contributed by atoms with Gasteiger partial charge in [0.2, 0.25) is 11.8 Å². The quantitative estimate of drug-likeness (QED) is 0.330. The van der Waals surface area contributed by atoms with E-state index in [9.17, 15) is 27.6 Å². The summed E-state index contributed by atoms with van der Waals surface area (Å²) in [6.07, 6.45) is 1.75. The van der Waals surface area contributed by atoms with Gasteiger partial charge in [0, 0.05) is 61.9 Å². The molecular weight excluding hydrogens is 535 g/mol. The molecule has 1 atom stereocenters. The zero-order valence-electron chi connectivity index (χ0n) is 22.5. The molecule has 2 aromatic rings. The Hall–Kier alpha value is -3.73. The van der Waals surface area contributed by atoms with Gasteiger partial charge in [0.15, 0.2) is 0 Å². The number of hydrogen-bond donors (Lipinski definition) is 3. The lowest BCUT2D eigenvalue weighted by atomic mass is 9.96. The molecule has 11 heteroatoms. The zero-order chi connectivity index (χ0) is 28.9. The maximum Gasteiger partial charge on any atom is 0.395 e. The van der Waals surface area contributed by atoms with Crippen molar-refractivity contribution in [3.05, 3.63) is 53.2 Å². The van der Waals surface area contributed by atoms with Gasteiger partial charge in [-0.3, -0.25) is 24.6 Å². The molecule has 216 valence electrons. The predicted octanol–water partition coefficient (Wildman–Crippen LogP) is 4.08. The molecule has 3 heterocycles. The van der Waals surface area contributed by atoms with Crippen molar-refractivity contribution < 1.29 is 27.6 Å². The fourth-order valence-electron chi connectivity index (χ4n) is 6.42. The number of nitrogens with zero attached hydrogens (tertiary/aromatic N) is 2. The minimum atomic E-state index is -4.14. The van der Waals surface area contributed by atoms with Gasteiger partial charge in [-0.1, -0.05) is 18.2 Å². The predicted molar refractivity (Wildman–Crippen MR) is 148 cm³/mol. The maximum absolute atomic E-state index is 13.4. The molecule has 1 saturated carbocycles. The van der Waals surface area contributed by atoms with Crippen molar-refractivity contribution in [2.24, 2.45) is 5.41 Å². The summed E-state index contributed by atoms with van der Waals surface area (Å²) in [5.41, 5.74) is 1.30. The number of imide groups is 1. The summed E-state index contributed by atoms with van der Waals surface area (Å²) >= 11 is 0. The maximum atomic E-state index is 13.4. The number of allylic oxidation sites excluding steroid dienone is 1. The second kappa shape index (κ2) is 10.3. The number of hydrogen-bond acceptors (Lipinski definition) is 6. The Morgan fingerprint density at radius 1 is 1.10 bits per heavy atom. The Bertz CT molecular complexity index is 1460. The van der Waals surface area contributed by atoms with Crippen molar-refractivity contribution in [1.82, 2.24) is 15.5 Å². The van der Waals surface area contributed by atoms with E-state index in [1.807, 2.05) is 29.3 Å². The third-order valence-corrected chi connectivity index (χ3v) is 8.99. The molecule has 0 bridgehead atoms. The summed E-state index contributed by atoms with van der Waals surface area (Å²) in [4.78, 5) is 41.0. The lowest BCUT2D eigenvalue weighted by molar-refractivity contribution is -0.192. The first kappa shape index (κ1) is 27.4. The van der Waals surface area contributed by atoms with Crippen LogP contribution in [0.4, 0.5) is 18.9 Å². The minimum absolute atomic E-state index is 0.0827. The number of likely N-dealkylation sites (tertiary alicyclic amines) is 1. The van der Waals surface area contributed by atoms with E-state index in [1.165, 1.54) is 11.1 Å². The smallest absolute Gasteiger partial charge is 0.388 e. The molecule has 0 spiro atoms. The average Bonchev–Trinajstić information content (AvgIpc) is 3.69. The molecule has 2 saturated heterocycles. The van der Waals surface area contributed by atoms with Crippen LogP contribution < -0.4 is 15.5 Å². The lowest BCUT2D eigenvalue weighted by Gasteiger charge is -2.35.